The molecule has 2 aromatic carbocycles. The quantitative estimate of drug-likeness (QED) is 0.0960. The van der Waals surface area contributed by atoms with Crippen molar-refractivity contribution in [2.24, 2.45) is 9.98 Å². The van der Waals surface area contributed by atoms with E-state index in [9.17, 15) is 9.59 Å². The molecule has 0 saturated heterocycles. The Morgan fingerprint density at radius 2 is 1.33 bits per heavy atom. The number of aliphatic imine (C=N–C) groups is 2. The van der Waals surface area contributed by atoms with Gasteiger partial charge in [0.05, 0.1) is 24.2 Å². The van der Waals surface area contributed by atoms with Gasteiger partial charge in [0, 0.05) is 45.1 Å². The molecule has 0 aliphatic rings. The molecule has 0 aliphatic heterocycles. The zero-order valence-corrected chi connectivity index (χ0v) is 27.8. The Labute approximate surface area is 274 Å². The summed E-state index contributed by atoms with van der Waals surface area (Å²) in [6, 6.07) is 12.5. The van der Waals surface area contributed by atoms with E-state index < -0.39 is 0 Å². The Balaban J connectivity index is 1.12. The van der Waals surface area contributed by atoms with E-state index in [0.717, 1.165) is 5.56 Å². The number of carbonyl (C=O) groups excluding carboxylic acids is 2. The Kier molecular flexibility index (Phi) is 10.7. The second kappa shape index (κ2) is 15.1. The first-order valence-corrected chi connectivity index (χ1v) is 16.7. The van der Waals surface area contributed by atoms with Crippen molar-refractivity contribution in [1.29, 1.82) is 0 Å². The molecule has 18 heteroatoms. The van der Waals surface area contributed by atoms with Gasteiger partial charge in [-0.25, -0.2) is 15.0 Å². The van der Waals surface area contributed by atoms with Crippen LogP contribution < -0.4 is 10.6 Å². The number of oxazole rings is 1. The van der Waals surface area contributed by atoms with Crippen molar-refractivity contribution in [1.82, 2.24) is 35.2 Å². The lowest BCUT2D eigenvalue weighted by molar-refractivity contribution is -0.114. The summed E-state index contributed by atoms with van der Waals surface area (Å²) in [4.78, 5) is 41.6. The third-order valence-electron chi connectivity index (χ3n) is 5.33. The number of rotatable bonds is 13. The number of hydrogen-bond donors (Lipinski definition) is 2. The normalized spacial score (nSPS) is 11.5. The van der Waals surface area contributed by atoms with Gasteiger partial charge in [-0.2, -0.15) is 0 Å². The molecule has 0 spiro atoms. The average molecular weight is 682 g/mol. The molecule has 5 rings (SSSR count). The monoisotopic (exact) mass is 681 g/mol. The summed E-state index contributed by atoms with van der Waals surface area (Å²) in [5.41, 5.74) is 3.17. The number of nitrogens with one attached hydrogen (secondary N) is 2. The average Bonchev–Trinajstić information content (AvgIpc) is 3.77. The van der Waals surface area contributed by atoms with E-state index in [0.29, 0.717) is 47.3 Å². The van der Waals surface area contributed by atoms with Crippen LogP contribution in [0.4, 0.5) is 21.6 Å². The number of benzene rings is 2. The van der Waals surface area contributed by atoms with Crippen LogP contribution in [-0.2, 0) is 9.59 Å². The summed E-state index contributed by atoms with van der Waals surface area (Å²) in [6.45, 7) is 0. The highest BCUT2D eigenvalue weighted by molar-refractivity contribution is 8.02. The number of carbonyl (C=O) groups is 2. The fourth-order valence-corrected chi connectivity index (χ4v) is 6.39. The van der Waals surface area contributed by atoms with E-state index in [-0.39, 0.29) is 23.3 Å². The minimum atomic E-state index is -0.185. The molecule has 2 amide bonds. The molecule has 0 fully saturated rings. The number of fused-ring (bicyclic) bond motifs is 1. The molecule has 45 heavy (non-hydrogen) atoms. The lowest BCUT2D eigenvalue weighted by Crippen LogP contribution is -2.13. The lowest BCUT2D eigenvalue weighted by Gasteiger charge is -2.04. The van der Waals surface area contributed by atoms with E-state index in [1.165, 1.54) is 46.2 Å². The second-order valence-electron chi connectivity index (χ2n) is 9.57. The summed E-state index contributed by atoms with van der Waals surface area (Å²) in [5, 5.41) is 22.9. The SMILES string of the molecule is CN(C)C=Nc1nnc(SCC(=O)Nc2ccc(-c3nc4cc(NC(=O)CSc5nnc(N=CN(C)C)s5)ccc4o3)cc2)s1. The maximum atomic E-state index is 12.5. The molecule has 0 bridgehead atoms. The van der Waals surface area contributed by atoms with Gasteiger partial charge in [-0.1, -0.05) is 46.2 Å². The molecule has 5 aromatic rings. The zero-order chi connectivity index (χ0) is 31.8. The van der Waals surface area contributed by atoms with Gasteiger partial charge < -0.3 is 24.9 Å². The molecular weight excluding hydrogens is 655 g/mol. The summed E-state index contributed by atoms with van der Waals surface area (Å²) in [5.74, 6) is 0.426. The molecule has 0 saturated carbocycles. The highest BCUT2D eigenvalue weighted by Crippen LogP contribution is 2.30. The number of hydrogen-bond acceptors (Lipinski definition) is 14. The van der Waals surface area contributed by atoms with Crippen LogP contribution in [0.2, 0.25) is 0 Å². The van der Waals surface area contributed by atoms with Gasteiger partial charge in [-0.3, -0.25) is 9.59 Å². The number of amides is 2. The van der Waals surface area contributed by atoms with Crippen LogP contribution >= 0.6 is 46.2 Å². The molecule has 14 nitrogen and oxygen atoms in total. The maximum absolute atomic E-state index is 12.5. The Hall–Kier alpha value is -4.39. The fourth-order valence-electron chi connectivity index (χ4n) is 3.43. The van der Waals surface area contributed by atoms with Gasteiger partial charge >= 0.3 is 0 Å². The smallest absolute Gasteiger partial charge is 0.234 e. The number of nitrogens with zero attached hydrogens (tertiary/aromatic N) is 9. The molecule has 0 unspecified atom stereocenters. The number of thioether (sulfide) groups is 2. The van der Waals surface area contributed by atoms with Gasteiger partial charge in [0.1, 0.15) is 5.52 Å². The molecule has 0 atom stereocenters. The van der Waals surface area contributed by atoms with Gasteiger partial charge in [0.15, 0.2) is 14.3 Å². The van der Waals surface area contributed by atoms with Crippen molar-refractivity contribution in [3.8, 4) is 11.5 Å². The van der Waals surface area contributed by atoms with E-state index in [1.807, 2.05) is 40.3 Å². The summed E-state index contributed by atoms with van der Waals surface area (Å²) >= 11 is 5.22. The lowest BCUT2D eigenvalue weighted by atomic mass is 10.2. The van der Waals surface area contributed by atoms with Crippen LogP contribution in [0.5, 0.6) is 0 Å². The van der Waals surface area contributed by atoms with Gasteiger partial charge in [-0.15, -0.1) is 20.4 Å². The van der Waals surface area contributed by atoms with Crippen molar-refractivity contribution in [3.63, 3.8) is 0 Å². The molecule has 2 N–H and O–H groups in total. The minimum absolute atomic E-state index is 0.168. The first-order valence-electron chi connectivity index (χ1n) is 13.1. The molecule has 0 radical (unpaired) electrons. The van der Waals surface area contributed by atoms with E-state index >= 15 is 0 Å². The maximum Gasteiger partial charge on any atom is 0.234 e. The van der Waals surface area contributed by atoms with Crippen molar-refractivity contribution in [2.45, 2.75) is 8.68 Å². The summed E-state index contributed by atoms with van der Waals surface area (Å²) in [7, 11) is 7.47. The highest BCUT2D eigenvalue weighted by Gasteiger charge is 2.13. The second-order valence-corrected chi connectivity index (χ2v) is 13.9. The zero-order valence-electron chi connectivity index (χ0n) is 24.5. The predicted molar refractivity (Wildman–Crippen MR) is 182 cm³/mol. The van der Waals surface area contributed by atoms with Gasteiger partial charge in [0.2, 0.25) is 28.0 Å². The van der Waals surface area contributed by atoms with E-state index in [2.05, 4.69) is 46.0 Å². The largest absolute Gasteiger partial charge is 0.436 e. The molecule has 3 aromatic heterocycles. The first-order chi connectivity index (χ1) is 21.7. The van der Waals surface area contributed by atoms with Crippen LogP contribution in [0.1, 0.15) is 0 Å². The molecular formula is C27H27N11O3S4. The van der Waals surface area contributed by atoms with Crippen LogP contribution in [0.3, 0.4) is 0 Å². The van der Waals surface area contributed by atoms with Crippen molar-refractivity contribution in [3.05, 3.63) is 42.5 Å². The van der Waals surface area contributed by atoms with Gasteiger partial charge in [0.25, 0.3) is 0 Å². The van der Waals surface area contributed by atoms with E-state index in [4.69, 9.17) is 4.42 Å². The molecule has 0 aliphatic carbocycles. The van der Waals surface area contributed by atoms with Crippen molar-refractivity contribution < 1.29 is 14.0 Å². The summed E-state index contributed by atoms with van der Waals surface area (Å²) in [6.07, 6.45) is 3.29. The van der Waals surface area contributed by atoms with E-state index in [1.54, 1.807) is 52.8 Å². The van der Waals surface area contributed by atoms with Crippen LogP contribution in [0, 0.1) is 0 Å². The summed E-state index contributed by atoms with van der Waals surface area (Å²) < 4.78 is 7.25. The minimum Gasteiger partial charge on any atom is -0.436 e. The van der Waals surface area contributed by atoms with Crippen LogP contribution in [0.25, 0.3) is 22.6 Å². The van der Waals surface area contributed by atoms with Crippen molar-refractivity contribution in [2.75, 3.05) is 50.3 Å². The Morgan fingerprint density at radius 1 is 0.800 bits per heavy atom. The van der Waals surface area contributed by atoms with Crippen LogP contribution in [0.15, 0.2) is 65.5 Å². The molecule has 232 valence electrons. The molecule has 3 heterocycles. The van der Waals surface area contributed by atoms with Gasteiger partial charge in [-0.05, 0) is 42.5 Å². The highest BCUT2D eigenvalue weighted by atomic mass is 32.2. The first kappa shape index (κ1) is 32.0. The standard InChI is InChI=1S/C27H27N11O3S4/c1-37(2)14-28-24-33-35-26(44-24)42-12-21(39)30-17-7-5-16(6-8-17)23-32-19-11-18(9-10-20(19)41-23)31-22(40)13-43-27-36-34-25(45-27)29-15-38(3)4/h5-11,14-15H,12-13H2,1-4H3,(H,30,39)(H,31,40). The Bertz CT molecular complexity index is 1830. The number of anilines is 2. The third-order valence-corrected chi connectivity index (χ3v) is 9.26. The predicted octanol–water partition coefficient (Wildman–Crippen LogP) is 5.10. The third kappa shape index (κ3) is 9.55. The Morgan fingerprint density at radius 3 is 1.89 bits per heavy atom. The number of aromatic nitrogens is 5. The van der Waals surface area contributed by atoms with Crippen LogP contribution in [-0.4, -0.2) is 99.4 Å². The topological polar surface area (TPSA) is 167 Å². The van der Waals surface area contributed by atoms with Crippen molar-refractivity contribution >= 4 is 103 Å². The fraction of sp³-hybridized carbons (Fsp3) is 0.222.